The normalized spacial score (nSPS) is 12.4. The molecule has 90 valence electrons. The lowest BCUT2D eigenvalue weighted by molar-refractivity contribution is 0.339. The van der Waals surface area contributed by atoms with Crippen molar-refractivity contribution in [3.63, 3.8) is 0 Å². The highest BCUT2D eigenvalue weighted by Gasteiger charge is 2.05. The zero-order chi connectivity index (χ0) is 11.8. The molecule has 1 N–H and O–H groups in total. The van der Waals surface area contributed by atoms with Gasteiger partial charge in [-0.2, -0.15) is 0 Å². The first-order valence-corrected chi connectivity index (χ1v) is 6.21. The highest BCUT2D eigenvalue weighted by molar-refractivity contribution is 5.30. The smallest absolute Gasteiger partial charge is 0.119 e. The van der Waals surface area contributed by atoms with Gasteiger partial charge in [0, 0.05) is 0 Å². The summed E-state index contributed by atoms with van der Waals surface area (Å²) in [6, 6.07) is 8.42. The summed E-state index contributed by atoms with van der Waals surface area (Å²) in [6.07, 6.45) is 1.17. The van der Waals surface area contributed by atoms with Crippen molar-refractivity contribution < 1.29 is 4.74 Å². The lowest BCUT2D eigenvalue weighted by Crippen LogP contribution is -2.15. The van der Waals surface area contributed by atoms with E-state index in [-0.39, 0.29) is 0 Å². The molecule has 0 saturated carbocycles. The number of rotatable bonds is 7. The van der Waals surface area contributed by atoms with E-state index in [4.69, 9.17) is 4.74 Å². The molecule has 0 fully saturated rings. The lowest BCUT2D eigenvalue weighted by atomic mass is 9.97. The minimum atomic E-state index is 0.583. The van der Waals surface area contributed by atoms with Gasteiger partial charge >= 0.3 is 0 Å². The number of nitrogens with one attached hydrogen (secondary N) is 1. The quantitative estimate of drug-likeness (QED) is 0.714. The summed E-state index contributed by atoms with van der Waals surface area (Å²) >= 11 is 0. The molecule has 1 unspecified atom stereocenters. The Morgan fingerprint density at radius 1 is 1.31 bits per heavy atom. The molecule has 0 amide bonds. The van der Waals surface area contributed by atoms with Gasteiger partial charge in [0.2, 0.25) is 0 Å². The van der Waals surface area contributed by atoms with Crippen molar-refractivity contribution in [2.45, 2.75) is 33.1 Å². The monoisotopic (exact) mass is 221 g/mol. The van der Waals surface area contributed by atoms with E-state index in [1.54, 1.807) is 0 Å². The van der Waals surface area contributed by atoms with E-state index < -0.39 is 0 Å². The number of hydrogen-bond donors (Lipinski definition) is 1. The molecule has 1 aromatic rings. The van der Waals surface area contributed by atoms with Crippen molar-refractivity contribution in [2.75, 3.05) is 19.7 Å². The molecule has 0 heterocycles. The van der Waals surface area contributed by atoms with Gasteiger partial charge in [0.15, 0.2) is 0 Å². The first kappa shape index (κ1) is 13.0. The first-order valence-electron chi connectivity index (χ1n) is 6.21. The molecule has 0 bridgehead atoms. The van der Waals surface area contributed by atoms with Crippen LogP contribution in [0.4, 0.5) is 0 Å². The van der Waals surface area contributed by atoms with Gasteiger partial charge in [-0.1, -0.05) is 26.0 Å². The topological polar surface area (TPSA) is 21.3 Å². The fourth-order valence-corrected chi connectivity index (χ4v) is 1.74. The first-order chi connectivity index (χ1) is 7.77. The van der Waals surface area contributed by atoms with E-state index >= 15 is 0 Å². The van der Waals surface area contributed by atoms with Gasteiger partial charge in [-0.05, 0) is 50.0 Å². The van der Waals surface area contributed by atoms with Crippen LogP contribution < -0.4 is 10.1 Å². The predicted octanol–water partition coefficient (Wildman–Crippen LogP) is 3.19. The summed E-state index contributed by atoms with van der Waals surface area (Å²) in [5.74, 6) is 1.56. The molecule has 0 saturated heterocycles. The van der Waals surface area contributed by atoms with Crippen molar-refractivity contribution in [3.05, 3.63) is 29.8 Å². The number of hydrogen-bond acceptors (Lipinski definition) is 2. The Kier molecular flexibility index (Phi) is 5.94. The van der Waals surface area contributed by atoms with Crippen LogP contribution in [0, 0.1) is 0 Å². The van der Waals surface area contributed by atoms with Crippen LogP contribution >= 0.6 is 0 Å². The summed E-state index contributed by atoms with van der Waals surface area (Å²) in [6.45, 7) is 9.28. The van der Waals surface area contributed by atoms with Crippen molar-refractivity contribution in [2.24, 2.45) is 0 Å². The molecule has 1 aromatic carbocycles. The molecule has 0 aromatic heterocycles. The third kappa shape index (κ3) is 4.23. The highest BCUT2D eigenvalue weighted by atomic mass is 16.5. The van der Waals surface area contributed by atoms with Gasteiger partial charge in [0.25, 0.3) is 0 Å². The third-order valence-electron chi connectivity index (χ3n) is 2.74. The van der Waals surface area contributed by atoms with Crippen molar-refractivity contribution >= 4 is 0 Å². The van der Waals surface area contributed by atoms with E-state index in [1.807, 2.05) is 13.0 Å². The molecule has 0 aliphatic carbocycles. The zero-order valence-electron chi connectivity index (χ0n) is 10.6. The van der Waals surface area contributed by atoms with Crippen LogP contribution in [0.1, 0.15) is 38.7 Å². The molecule has 0 aliphatic rings. The van der Waals surface area contributed by atoms with Gasteiger partial charge in [-0.3, -0.25) is 0 Å². The van der Waals surface area contributed by atoms with Crippen LogP contribution in [0.5, 0.6) is 5.75 Å². The summed E-state index contributed by atoms with van der Waals surface area (Å²) < 4.78 is 5.51. The molecular formula is C14H23NO. The fraction of sp³-hybridized carbons (Fsp3) is 0.571. The van der Waals surface area contributed by atoms with Crippen molar-refractivity contribution in [1.82, 2.24) is 5.32 Å². The van der Waals surface area contributed by atoms with Crippen LogP contribution in [0.3, 0.4) is 0 Å². The average molecular weight is 221 g/mol. The minimum Gasteiger partial charge on any atom is -0.494 e. The summed E-state index contributed by atoms with van der Waals surface area (Å²) in [5.41, 5.74) is 1.36. The molecule has 0 spiro atoms. The van der Waals surface area contributed by atoms with E-state index in [0.29, 0.717) is 5.92 Å². The van der Waals surface area contributed by atoms with Crippen LogP contribution in [-0.2, 0) is 0 Å². The molecule has 2 heteroatoms. The number of benzene rings is 1. The Bertz CT molecular complexity index is 299. The zero-order valence-corrected chi connectivity index (χ0v) is 10.6. The summed E-state index contributed by atoms with van der Waals surface area (Å²) in [7, 11) is 0. The standard InChI is InChI=1S/C14H23NO/c1-4-15-10-9-12(3)13-7-6-8-14(11-13)16-5-2/h6-8,11-12,15H,4-5,9-10H2,1-3H3. The molecule has 16 heavy (non-hydrogen) atoms. The van der Waals surface area contributed by atoms with E-state index in [9.17, 15) is 0 Å². The minimum absolute atomic E-state index is 0.583. The molecule has 0 radical (unpaired) electrons. The second-order valence-electron chi connectivity index (χ2n) is 4.05. The van der Waals surface area contributed by atoms with E-state index in [1.165, 1.54) is 12.0 Å². The second-order valence-corrected chi connectivity index (χ2v) is 4.05. The largest absolute Gasteiger partial charge is 0.494 e. The predicted molar refractivity (Wildman–Crippen MR) is 69.2 cm³/mol. The number of ether oxygens (including phenoxy) is 1. The van der Waals surface area contributed by atoms with E-state index in [2.05, 4.69) is 37.4 Å². The van der Waals surface area contributed by atoms with Gasteiger partial charge in [-0.25, -0.2) is 0 Å². The second kappa shape index (κ2) is 7.29. The molecule has 1 atom stereocenters. The SMILES string of the molecule is CCNCCC(C)c1cccc(OCC)c1. The maximum Gasteiger partial charge on any atom is 0.119 e. The molecule has 1 rings (SSSR count). The third-order valence-corrected chi connectivity index (χ3v) is 2.74. The van der Waals surface area contributed by atoms with Crippen LogP contribution in [0.25, 0.3) is 0 Å². The lowest BCUT2D eigenvalue weighted by Gasteiger charge is -2.13. The summed E-state index contributed by atoms with van der Waals surface area (Å²) in [4.78, 5) is 0. The van der Waals surface area contributed by atoms with Crippen molar-refractivity contribution in [1.29, 1.82) is 0 Å². The maximum absolute atomic E-state index is 5.51. The Morgan fingerprint density at radius 3 is 2.81 bits per heavy atom. The van der Waals surface area contributed by atoms with Gasteiger partial charge in [-0.15, -0.1) is 0 Å². The van der Waals surface area contributed by atoms with Gasteiger partial charge < -0.3 is 10.1 Å². The van der Waals surface area contributed by atoms with Crippen molar-refractivity contribution in [3.8, 4) is 5.75 Å². The Morgan fingerprint density at radius 2 is 2.12 bits per heavy atom. The van der Waals surface area contributed by atoms with Crippen LogP contribution in [0.15, 0.2) is 24.3 Å². The van der Waals surface area contributed by atoms with Crippen LogP contribution in [0.2, 0.25) is 0 Å². The Hall–Kier alpha value is -1.02. The summed E-state index contributed by atoms with van der Waals surface area (Å²) in [5, 5.41) is 3.36. The van der Waals surface area contributed by atoms with Gasteiger partial charge in [0.05, 0.1) is 6.61 Å². The average Bonchev–Trinajstić information content (AvgIpc) is 2.30. The fourth-order valence-electron chi connectivity index (χ4n) is 1.74. The van der Waals surface area contributed by atoms with E-state index in [0.717, 1.165) is 25.4 Å². The molecular weight excluding hydrogens is 198 g/mol. The highest BCUT2D eigenvalue weighted by Crippen LogP contribution is 2.22. The maximum atomic E-state index is 5.51. The van der Waals surface area contributed by atoms with Crippen LogP contribution in [-0.4, -0.2) is 19.7 Å². The molecule has 0 aliphatic heterocycles. The molecule has 2 nitrogen and oxygen atoms in total. The van der Waals surface area contributed by atoms with Gasteiger partial charge in [0.1, 0.15) is 5.75 Å². The Labute approximate surface area is 99.0 Å². The Balaban J connectivity index is 2.53.